The number of aryl methyl sites for hydroxylation is 1. The molecule has 2 aromatic rings. The summed E-state index contributed by atoms with van der Waals surface area (Å²) in [6, 6.07) is 3.76. The number of benzene rings is 1. The lowest BCUT2D eigenvalue weighted by Gasteiger charge is -2.10. The van der Waals surface area contributed by atoms with Gasteiger partial charge < -0.3 is 10.3 Å². The zero-order chi connectivity index (χ0) is 14.0. The Bertz CT molecular complexity index is 614. The maximum absolute atomic E-state index is 13.1. The predicted molar refractivity (Wildman–Crippen MR) is 79.4 cm³/mol. The van der Waals surface area contributed by atoms with Crippen molar-refractivity contribution in [1.29, 1.82) is 0 Å². The molecule has 7 heteroatoms. The Morgan fingerprint density at radius 3 is 2.90 bits per heavy atom. The van der Waals surface area contributed by atoms with Crippen LogP contribution in [0.5, 0.6) is 0 Å². The molecule has 1 amide bonds. The minimum Gasteiger partial charge on any atom is -0.320 e. The second-order valence-corrected chi connectivity index (χ2v) is 4.51. The van der Waals surface area contributed by atoms with Gasteiger partial charge in [-0.3, -0.25) is 10.1 Å². The van der Waals surface area contributed by atoms with E-state index in [0.29, 0.717) is 17.9 Å². The standard InChI is InChI=1S/C13H17FN4O.ClH/c1-3-4-9(15)12(19)17-13-16-10-7-8(14)5-6-11(10)18(13)2;/h5-7,9H,3-4,15H2,1-2H3,(H,16,17,19);1H. The van der Waals surface area contributed by atoms with Crippen molar-refractivity contribution in [3.63, 3.8) is 0 Å². The number of nitrogens with zero attached hydrogens (tertiary/aromatic N) is 2. The van der Waals surface area contributed by atoms with Crippen LogP contribution in [0.1, 0.15) is 19.8 Å². The molecule has 110 valence electrons. The van der Waals surface area contributed by atoms with E-state index in [1.165, 1.54) is 12.1 Å². The number of anilines is 1. The minimum atomic E-state index is -0.554. The van der Waals surface area contributed by atoms with Gasteiger partial charge >= 0.3 is 0 Å². The second-order valence-electron chi connectivity index (χ2n) is 4.51. The Hall–Kier alpha value is -1.66. The molecule has 1 atom stereocenters. The quantitative estimate of drug-likeness (QED) is 0.909. The van der Waals surface area contributed by atoms with Crippen molar-refractivity contribution in [3.05, 3.63) is 24.0 Å². The molecule has 0 saturated heterocycles. The molecular weight excluding hydrogens is 283 g/mol. The Balaban J connectivity index is 0.00000200. The third kappa shape index (κ3) is 3.26. The van der Waals surface area contributed by atoms with Gasteiger partial charge in [-0.05, 0) is 18.6 Å². The molecule has 0 aliphatic rings. The SMILES string of the molecule is CCCC(N)C(=O)Nc1nc2cc(F)ccc2n1C.Cl. The molecule has 20 heavy (non-hydrogen) atoms. The van der Waals surface area contributed by atoms with E-state index < -0.39 is 6.04 Å². The molecule has 0 spiro atoms. The van der Waals surface area contributed by atoms with Crippen LogP contribution in [0.4, 0.5) is 10.3 Å². The second kappa shape index (κ2) is 6.67. The maximum atomic E-state index is 13.1. The van der Waals surface area contributed by atoms with Crippen LogP contribution in [0, 0.1) is 5.82 Å². The Morgan fingerprint density at radius 1 is 1.55 bits per heavy atom. The first-order valence-corrected chi connectivity index (χ1v) is 6.21. The normalized spacial score (nSPS) is 12.0. The van der Waals surface area contributed by atoms with Crippen molar-refractivity contribution in [1.82, 2.24) is 9.55 Å². The monoisotopic (exact) mass is 300 g/mol. The van der Waals surface area contributed by atoms with E-state index in [1.807, 2.05) is 6.92 Å². The van der Waals surface area contributed by atoms with E-state index in [1.54, 1.807) is 17.7 Å². The average Bonchev–Trinajstić information content (AvgIpc) is 2.66. The fraction of sp³-hybridized carbons (Fsp3) is 0.385. The largest absolute Gasteiger partial charge is 0.320 e. The Labute approximate surface area is 122 Å². The van der Waals surface area contributed by atoms with Gasteiger partial charge in [-0.2, -0.15) is 0 Å². The number of hydrogen-bond donors (Lipinski definition) is 2. The van der Waals surface area contributed by atoms with E-state index in [9.17, 15) is 9.18 Å². The zero-order valence-corrected chi connectivity index (χ0v) is 12.2. The number of hydrogen-bond acceptors (Lipinski definition) is 3. The molecule has 1 aromatic heterocycles. The molecule has 0 aliphatic carbocycles. The van der Waals surface area contributed by atoms with Crippen LogP contribution in [0.3, 0.4) is 0 Å². The molecule has 1 unspecified atom stereocenters. The number of rotatable bonds is 4. The third-order valence-corrected chi connectivity index (χ3v) is 3.01. The number of carbonyl (C=O) groups excluding carboxylic acids is 1. The van der Waals surface area contributed by atoms with Gasteiger partial charge in [0.15, 0.2) is 0 Å². The molecule has 2 rings (SSSR count). The first-order valence-electron chi connectivity index (χ1n) is 6.21. The molecule has 1 heterocycles. The number of carbonyl (C=O) groups is 1. The summed E-state index contributed by atoms with van der Waals surface area (Å²) >= 11 is 0. The summed E-state index contributed by atoms with van der Waals surface area (Å²) in [5.74, 6) is -0.260. The number of halogens is 2. The van der Waals surface area contributed by atoms with Crippen molar-refractivity contribution in [2.45, 2.75) is 25.8 Å². The van der Waals surface area contributed by atoms with E-state index in [4.69, 9.17) is 5.73 Å². The Morgan fingerprint density at radius 2 is 2.25 bits per heavy atom. The van der Waals surface area contributed by atoms with E-state index in [0.717, 1.165) is 11.9 Å². The van der Waals surface area contributed by atoms with Crippen molar-refractivity contribution < 1.29 is 9.18 Å². The summed E-state index contributed by atoms with van der Waals surface area (Å²) in [4.78, 5) is 16.0. The number of nitrogens with two attached hydrogens (primary N) is 1. The lowest BCUT2D eigenvalue weighted by Crippen LogP contribution is -2.36. The highest BCUT2D eigenvalue weighted by Gasteiger charge is 2.16. The topological polar surface area (TPSA) is 72.9 Å². The van der Waals surface area contributed by atoms with Gasteiger partial charge in [0.2, 0.25) is 11.9 Å². The highest BCUT2D eigenvalue weighted by Crippen LogP contribution is 2.19. The molecule has 0 bridgehead atoms. The van der Waals surface area contributed by atoms with Gasteiger partial charge in [0, 0.05) is 13.1 Å². The minimum absolute atomic E-state index is 0. The summed E-state index contributed by atoms with van der Waals surface area (Å²) in [6.07, 6.45) is 1.45. The van der Waals surface area contributed by atoms with E-state index in [2.05, 4.69) is 10.3 Å². The van der Waals surface area contributed by atoms with Gasteiger partial charge in [0.1, 0.15) is 5.82 Å². The smallest absolute Gasteiger partial charge is 0.243 e. The number of nitrogens with one attached hydrogen (secondary N) is 1. The number of imidazole rings is 1. The molecule has 0 radical (unpaired) electrons. The van der Waals surface area contributed by atoms with Crippen LogP contribution in [-0.4, -0.2) is 21.5 Å². The van der Waals surface area contributed by atoms with Gasteiger partial charge in [-0.25, -0.2) is 9.37 Å². The molecule has 1 aromatic carbocycles. The molecule has 0 saturated carbocycles. The van der Waals surface area contributed by atoms with Crippen LogP contribution in [0.15, 0.2) is 18.2 Å². The highest BCUT2D eigenvalue weighted by atomic mass is 35.5. The number of amides is 1. The summed E-state index contributed by atoms with van der Waals surface area (Å²) in [5.41, 5.74) is 6.99. The summed E-state index contributed by atoms with van der Waals surface area (Å²) < 4.78 is 14.8. The van der Waals surface area contributed by atoms with Gasteiger partial charge in [0.05, 0.1) is 17.1 Å². The van der Waals surface area contributed by atoms with Crippen molar-refractivity contribution in [3.8, 4) is 0 Å². The summed E-state index contributed by atoms with van der Waals surface area (Å²) in [7, 11) is 1.76. The lowest BCUT2D eigenvalue weighted by atomic mass is 10.2. The molecular formula is C13H18ClFN4O. The van der Waals surface area contributed by atoms with Crippen molar-refractivity contribution >= 4 is 35.3 Å². The fourth-order valence-electron chi connectivity index (χ4n) is 1.93. The van der Waals surface area contributed by atoms with Crippen LogP contribution >= 0.6 is 12.4 Å². The number of fused-ring (bicyclic) bond motifs is 1. The zero-order valence-electron chi connectivity index (χ0n) is 11.4. The predicted octanol–water partition coefficient (Wildman–Crippen LogP) is 2.20. The van der Waals surface area contributed by atoms with E-state index >= 15 is 0 Å². The summed E-state index contributed by atoms with van der Waals surface area (Å²) in [6.45, 7) is 1.96. The van der Waals surface area contributed by atoms with Crippen molar-refractivity contribution in [2.75, 3.05) is 5.32 Å². The average molecular weight is 301 g/mol. The highest BCUT2D eigenvalue weighted by molar-refractivity contribution is 5.94. The van der Waals surface area contributed by atoms with Crippen LogP contribution in [0.25, 0.3) is 11.0 Å². The van der Waals surface area contributed by atoms with Crippen molar-refractivity contribution in [2.24, 2.45) is 12.8 Å². The van der Waals surface area contributed by atoms with E-state index in [-0.39, 0.29) is 24.1 Å². The summed E-state index contributed by atoms with van der Waals surface area (Å²) in [5, 5.41) is 2.67. The molecule has 0 aliphatic heterocycles. The third-order valence-electron chi connectivity index (χ3n) is 3.01. The molecule has 3 N–H and O–H groups in total. The Kier molecular flexibility index (Phi) is 5.47. The maximum Gasteiger partial charge on any atom is 0.243 e. The first-order chi connectivity index (χ1) is 9.02. The molecule has 5 nitrogen and oxygen atoms in total. The van der Waals surface area contributed by atoms with Crippen LogP contribution < -0.4 is 11.1 Å². The van der Waals surface area contributed by atoms with Crippen LogP contribution in [-0.2, 0) is 11.8 Å². The van der Waals surface area contributed by atoms with Crippen LogP contribution in [0.2, 0.25) is 0 Å². The van der Waals surface area contributed by atoms with Gasteiger partial charge in [-0.15, -0.1) is 12.4 Å². The van der Waals surface area contributed by atoms with Gasteiger partial charge in [0.25, 0.3) is 0 Å². The number of aromatic nitrogens is 2. The first kappa shape index (κ1) is 16.4. The van der Waals surface area contributed by atoms with Gasteiger partial charge in [-0.1, -0.05) is 13.3 Å². The molecule has 0 fully saturated rings. The lowest BCUT2D eigenvalue weighted by molar-refractivity contribution is -0.117. The fourth-order valence-corrected chi connectivity index (χ4v) is 1.93.